The van der Waals surface area contributed by atoms with Crippen LogP contribution in [-0.4, -0.2) is 13.3 Å². The molecule has 0 spiro atoms. The maximum atomic E-state index is 9.97. The van der Waals surface area contributed by atoms with E-state index in [0.717, 1.165) is 0 Å². The highest BCUT2D eigenvalue weighted by Gasteiger charge is 2.03. The van der Waals surface area contributed by atoms with Crippen molar-refractivity contribution >= 4 is 23.7 Å². The first-order chi connectivity index (χ1) is 3.18. The van der Waals surface area contributed by atoms with Crippen molar-refractivity contribution in [1.29, 1.82) is 0 Å². The maximum absolute atomic E-state index is 9.97. The van der Waals surface area contributed by atoms with Crippen LogP contribution in [0.15, 0.2) is 0 Å². The molecule has 2 nitrogen and oxygen atoms in total. The molecule has 0 aliphatic carbocycles. The first kappa shape index (κ1) is 7.46. The van der Waals surface area contributed by atoms with Crippen molar-refractivity contribution < 1.29 is 8.76 Å². The van der Waals surface area contributed by atoms with Crippen LogP contribution < -0.4 is 0 Å². The van der Waals surface area contributed by atoms with E-state index in [1.807, 2.05) is 6.92 Å². The Kier molecular flexibility index (Phi) is 3.69. The number of thiol groups is 1. The highest BCUT2D eigenvalue weighted by atomic mass is 32.2. The van der Waals surface area contributed by atoms with Gasteiger partial charge in [-0.25, -0.2) is 4.21 Å². The Bertz CT molecular complexity index is 73.3. The third-order valence-corrected chi connectivity index (χ3v) is 2.29. The van der Waals surface area contributed by atoms with E-state index in [0.29, 0.717) is 6.42 Å². The van der Waals surface area contributed by atoms with Crippen molar-refractivity contribution in [3.63, 3.8) is 0 Å². The molecule has 0 aromatic carbocycles. The molecule has 0 saturated heterocycles. The molecule has 0 aromatic rings. The summed E-state index contributed by atoms with van der Waals surface area (Å²) in [6, 6.07) is 0. The lowest BCUT2D eigenvalue weighted by atomic mass is 10.6. The third kappa shape index (κ3) is 3.08. The molecule has 0 rings (SSSR count). The van der Waals surface area contributed by atoms with E-state index in [9.17, 15) is 4.21 Å². The van der Waals surface area contributed by atoms with Gasteiger partial charge in [-0.05, 0) is 6.42 Å². The van der Waals surface area contributed by atoms with E-state index in [-0.39, 0.29) is 4.58 Å². The summed E-state index contributed by atoms with van der Waals surface area (Å²) in [6.45, 7) is 1.81. The van der Waals surface area contributed by atoms with Crippen LogP contribution in [0, 0.1) is 0 Å². The molecule has 2 unspecified atom stereocenters. The van der Waals surface area contributed by atoms with Gasteiger partial charge in [-0.15, -0.1) is 0 Å². The van der Waals surface area contributed by atoms with Gasteiger partial charge in [-0.1, -0.05) is 6.92 Å². The Labute approximate surface area is 51.0 Å². The Morgan fingerprint density at radius 1 is 2.00 bits per heavy atom. The Morgan fingerprint density at radius 2 is 2.43 bits per heavy atom. The zero-order valence-electron chi connectivity index (χ0n) is 4.00. The van der Waals surface area contributed by atoms with Crippen LogP contribution in [0.25, 0.3) is 0 Å². The molecule has 0 heterocycles. The summed E-state index contributed by atoms with van der Waals surface area (Å²) in [5, 5.41) is 0. The van der Waals surface area contributed by atoms with E-state index in [1.165, 1.54) is 0 Å². The maximum Gasteiger partial charge on any atom is 0.166 e. The SMILES string of the molecule is CCC(S)S(=O)O. The van der Waals surface area contributed by atoms with Gasteiger partial charge in [0.05, 0.1) is 0 Å². The molecule has 2 atom stereocenters. The van der Waals surface area contributed by atoms with Gasteiger partial charge in [-0.3, -0.25) is 0 Å². The Morgan fingerprint density at radius 3 is 2.43 bits per heavy atom. The zero-order valence-corrected chi connectivity index (χ0v) is 5.71. The van der Waals surface area contributed by atoms with Gasteiger partial charge >= 0.3 is 0 Å². The van der Waals surface area contributed by atoms with E-state index in [4.69, 9.17) is 4.55 Å². The van der Waals surface area contributed by atoms with Crippen LogP contribution >= 0.6 is 12.6 Å². The smallest absolute Gasteiger partial charge is 0.166 e. The van der Waals surface area contributed by atoms with Crippen LogP contribution in [0.1, 0.15) is 13.3 Å². The predicted molar refractivity (Wildman–Crippen MR) is 33.8 cm³/mol. The summed E-state index contributed by atoms with van der Waals surface area (Å²) < 4.78 is 17.8. The second kappa shape index (κ2) is 3.46. The first-order valence-electron chi connectivity index (χ1n) is 1.96. The average molecular weight is 140 g/mol. The molecule has 0 radical (unpaired) electrons. The fraction of sp³-hybridized carbons (Fsp3) is 1.00. The fourth-order valence-corrected chi connectivity index (χ4v) is 0.428. The lowest BCUT2D eigenvalue weighted by Gasteiger charge is -1.96. The van der Waals surface area contributed by atoms with Gasteiger partial charge in [0.2, 0.25) is 0 Å². The van der Waals surface area contributed by atoms with Crippen molar-refractivity contribution in [2.24, 2.45) is 0 Å². The van der Waals surface area contributed by atoms with Crippen LogP contribution in [-0.2, 0) is 11.1 Å². The fourth-order valence-electron chi connectivity index (χ4n) is 0.143. The van der Waals surface area contributed by atoms with Crippen molar-refractivity contribution in [2.75, 3.05) is 0 Å². The summed E-state index contributed by atoms with van der Waals surface area (Å²) >= 11 is 2.03. The van der Waals surface area contributed by atoms with E-state index < -0.39 is 11.1 Å². The van der Waals surface area contributed by atoms with Crippen molar-refractivity contribution in [2.45, 2.75) is 17.9 Å². The Balaban J connectivity index is 3.34. The molecular weight excluding hydrogens is 132 g/mol. The number of rotatable bonds is 2. The normalized spacial score (nSPS) is 18.7. The van der Waals surface area contributed by atoms with Gasteiger partial charge in [0.15, 0.2) is 11.1 Å². The van der Waals surface area contributed by atoms with Gasteiger partial charge in [-0.2, -0.15) is 12.6 Å². The molecule has 0 amide bonds. The third-order valence-electron chi connectivity index (χ3n) is 0.582. The Hall–Kier alpha value is 0.460. The molecule has 0 fully saturated rings. The molecule has 0 bridgehead atoms. The molecule has 7 heavy (non-hydrogen) atoms. The van der Waals surface area contributed by atoms with E-state index in [1.54, 1.807) is 0 Å². The molecular formula is C3H8O2S2. The largest absolute Gasteiger partial charge is 0.305 e. The summed E-state index contributed by atoms with van der Waals surface area (Å²) in [4.78, 5) is 0. The van der Waals surface area contributed by atoms with E-state index >= 15 is 0 Å². The van der Waals surface area contributed by atoms with Crippen LogP contribution in [0.2, 0.25) is 0 Å². The monoisotopic (exact) mass is 140 g/mol. The van der Waals surface area contributed by atoms with Crippen molar-refractivity contribution in [3.8, 4) is 0 Å². The summed E-state index contributed by atoms with van der Waals surface area (Å²) in [7, 11) is 0. The van der Waals surface area contributed by atoms with E-state index in [2.05, 4.69) is 12.6 Å². The average Bonchev–Trinajstić information content (AvgIpc) is 1.65. The molecule has 0 aliphatic rings. The zero-order chi connectivity index (χ0) is 5.86. The second-order valence-electron chi connectivity index (χ2n) is 1.14. The van der Waals surface area contributed by atoms with Crippen LogP contribution in [0.4, 0.5) is 0 Å². The second-order valence-corrected chi connectivity index (χ2v) is 3.23. The minimum absolute atomic E-state index is 0.375. The number of hydrogen-bond acceptors (Lipinski definition) is 2. The lowest BCUT2D eigenvalue weighted by Crippen LogP contribution is -2.03. The van der Waals surface area contributed by atoms with Gasteiger partial charge < -0.3 is 4.55 Å². The highest BCUT2D eigenvalue weighted by Crippen LogP contribution is 2.01. The van der Waals surface area contributed by atoms with Crippen molar-refractivity contribution in [1.82, 2.24) is 0 Å². The summed E-state index contributed by atoms with van der Waals surface area (Å²) in [5.41, 5.74) is 0. The minimum atomic E-state index is -1.75. The molecule has 1 N–H and O–H groups in total. The number of hydrogen-bond donors (Lipinski definition) is 2. The molecule has 4 heteroatoms. The minimum Gasteiger partial charge on any atom is -0.305 e. The predicted octanol–water partition coefficient (Wildman–Crippen LogP) is 0.874. The van der Waals surface area contributed by atoms with Gasteiger partial charge in [0, 0.05) is 0 Å². The topological polar surface area (TPSA) is 37.3 Å². The van der Waals surface area contributed by atoms with Gasteiger partial charge in [0.1, 0.15) is 4.58 Å². The highest BCUT2D eigenvalue weighted by molar-refractivity contribution is 7.98. The molecule has 0 saturated carbocycles. The molecule has 0 aromatic heterocycles. The molecule has 44 valence electrons. The van der Waals surface area contributed by atoms with Crippen LogP contribution in [0.3, 0.4) is 0 Å². The molecule has 0 aliphatic heterocycles. The van der Waals surface area contributed by atoms with Crippen LogP contribution in [0.5, 0.6) is 0 Å². The quantitative estimate of drug-likeness (QED) is 0.441. The summed E-state index contributed by atoms with van der Waals surface area (Å²) in [5.74, 6) is 0. The standard InChI is InChI=1S/C3H8O2S2/c1-2-3(6)7(4)5/h3,6H,2H2,1H3,(H,4,5). The lowest BCUT2D eigenvalue weighted by molar-refractivity contribution is 0.560. The van der Waals surface area contributed by atoms with Gasteiger partial charge in [0.25, 0.3) is 0 Å². The first-order valence-corrected chi connectivity index (χ1v) is 3.64. The summed E-state index contributed by atoms with van der Waals surface area (Å²) in [6.07, 6.45) is 0.631. The van der Waals surface area contributed by atoms with Crippen molar-refractivity contribution in [3.05, 3.63) is 0 Å².